The van der Waals surface area contributed by atoms with Crippen LogP contribution in [-0.2, 0) is 9.47 Å². The quantitative estimate of drug-likeness (QED) is 0.236. The second-order valence-corrected chi connectivity index (χ2v) is 6.19. The summed E-state index contributed by atoms with van der Waals surface area (Å²) in [6.45, 7) is 5.45. The minimum absolute atomic E-state index is 0.491. The van der Waals surface area contributed by atoms with Crippen molar-refractivity contribution in [1.29, 1.82) is 0 Å². The molecular weight excluding hydrogens is 276 g/mol. The van der Waals surface area contributed by atoms with E-state index in [1.54, 1.807) is 0 Å². The predicted molar refractivity (Wildman–Crippen MR) is 93.3 cm³/mol. The van der Waals surface area contributed by atoms with E-state index in [-0.39, 0.29) is 0 Å². The van der Waals surface area contributed by atoms with Crippen molar-refractivity contribution in [1.82, 2.24) is 0 Å². The number of unbranched alkanes of at least 4 members (excludes halogenated alkanes) is 12. The number of hydrogen-bond acceptors (Lipinski definition) is 3. The van der Waals surface area contributed by atoms with Gasteiger partial charge < -0.3 is 9.47 Å². The van der Waals surface area contributed by atoms with E-state index in [0.29, 0.717) is 13.2 Å². The molecule has 0 unspecified atom stereocenters. The van der Waals surface area contributed by atoms with Crippen LogP contribution in [-0.4, -0.2) is 19.4 Å². The van der Waals surface area contributed by atoms with Gasteiger partial charge in [0.1, 0.15) is 0 Å². The Morgan fingerprint density at radius 2 is 0.864 bits per heavy atom. The zero-order valence-electron chi connectivity index (χ0n) is 15.0. The largest absolute Gasteiger partial charge is 0.508 e. The summed E-state index contributed by atoms with van der Waals surface area (Å²) in [4.78, 5) is 11.3. The predicted octanol–water partition coefficient (Wildman–Crippen LogP) is 6.64. The molecule has 0 saturated carbocycles. The van der Waals surface area contributed by atoms with Crippen molar-refractivity contribution in [3.05, 3.63) is 0 Å². The number of rotatable bonds is 16. The van der Waals surface area contributed by atoms with Gasteiger partial charge in [0, 0.05) is 0 Å². The number of carbonyl (C=O) groups is 1. The lowest BCUT2D eigenvalue weighted by Crippen LogP contribution is -2.09. The summed E-state index contributed by atoms with van der Waals surface area (Å²) in [6.07, 6.45) is 16.8. The fourth-order valence-corrected chi connectivity index (χ4v) is 2.47. The van der Waals surface area contributed by atoms with E-state index in [0.717, 1.165) is 25.7 Å². The van der Waals surface area contributed by atoms with Gasteiger partial charge in [-0.1, -0.05) is 90.9 Å². The average Bonchev–Trinajstić information content (AvgIpc) is 2.52. The molecule has 0 aliphatic rings. The molecule has 0 saturated heterocycles. The summed E-state index contributed by atoms with van der Waals surface area (Å²) in [5.41, 5.74) is 0. The summed E-state index contributed by atoms with van der Waals surface area (Å²) < 4.78 is 10.1. The molecule has 0 radical (unpaired) electrons. The van der Waals surface area contributed by atoms with Crippen LogP contribution in [0.2, 0.25) is 0 Å². The smallest absolute Gasteiger partial charge is 0.434 e. The van der Waals surface area contributed by atoms with E-state index in [1.807, 2.05) is 0 Å². The third-order valence-electron chi connectivity index (χ3n) is 3.94. The highest BCUT2D eigenvalue weighted by Gasteiger charge is 2.02. The molecule has 22 heavy (non-hydrogen) atoms. The van der Waals surface area contributed by atoms with E-state index >= 15 is 0 Å². The van der Waals surface area contributed by atoms with Gasteiger partial charge in [-0.2, -0.15) is 0 Å². The van der Waals surface area contributed by atoms with Crippen molar-refractivity contribution >= 4 is 6.16 Å². The van der Waals surface area contributed by atoms with Crippen LogP contribution >= 0.6 is 0 Å². The Balaban J connectivity index is 3.12. The molecule has 0 aliphatic carbocycles. The summed E-state index contributed by atoms with van der Waals surface area (Å²) in [5, 5.41) is 0. The van der Waals surface area contributed by atoms with Crippen LogP contribution in [0.5, 0.6) is 0 Å². The maximum Gasteiger partial charge on any atom is 0.508 e. The SMILES string of the molecule is CCCCCCCCCCCOC(=O)OCCCCCCC. The van der Waals surface area contributed by atoms with Crippen molar-refractivity contribution in [2.45, 2.75) is 104 Å². The van der Waals surface area contributed by atoms with E-state index < -0.39 is 6.16 Å². The first-order valence-electron chi connectivity index (χ1n) is 9.60. The average molecular weight is 315 g/mol. The van der Waals surface area contributed by atoms with Crippen molar-refractivity contribution in [2.24, 2.45) is 0 Å². The van der Waals surface area contributed by atoms with Crippen LogP contribution in [0.15, 0.2) is 0 Å². The Hall–Kier alpha value is -0.730. The van der Waals surface area contributed by atoms with Gasteiger partial charge in [0.05, 0.1) is 13.2 Å². The van der Waals surface area contributed by atoms with Gasteiger partial charge in [-0.3, -0.25) is 0 Å². The third-order valence-corrected chi connectivity index (χ3v) is 3.94. The zero-order valence-corrected chi connectivity index (χ0v) is 15.0. The van der Waals surface area contributed by atoms with Crippen LogP contribution in [0, 0.1) is 0 Å². The second-order valence-electron chi connectivity index (χ2n) is 6.19. The Kier molecular flexibility index (Phi) is 17.7. The summed E-state index contributed by atoms with van der Waals surface area (Å²) in [6, 6.07) is 0. The lowest BCUT2D eigenvalue weighted by atomic mass is 10.1. The van der Waals surface area contributed by atoms with Crippen LogP contribution in [0.4, 0.5) is 4.79 Å². The van der Waals surface area contributed by atoms with Crippen LogP contribution in [0.1, 0.15) is 104 Å². The molecule has 0 N–H and O–H groups in total. The van der Waals surface area contributed by atoms with Gasteiger partial charge in [-0.25, -0.2) is 4.79 Å². The van der Waals surface area contributed by atoms with Crippen LogP contribution < -0.4 is 0 Å². The highest BCUT2D eigenvalue weighted by molar-refractivity contribution is 5.59. The van der Waals surface area contributed by atoms with Gasteiger partial charge in [0.15, 0.2) is 0 Å². The molecule has 0 aromatic rings. The fraction of sp³-hybridized carbons (Fsp3) is 0.947. The van der Waals surface area contributed by atoms with Crippen molar-refractivity contribution in [3.8, 4) is 0 Å². The molecule has 0 bridgehead atoms. The van der Waals surface area contributed by atoms with E-state index in [1.165, 1.54) is 64.2 Å². The molecular formula is C19H38O3. The zero-order chi connectivity index (χ0) is 16.3. The van der Waals surface area contributed by atoms with E-state index in [2.05, 4.69) is 13.8 Å². The molecule has 0 aromatic heterocycles. The second kappa shape index (κ2) is 18.3. The molecule has 0 aliphatic heterocycles. The Bertz CT molecular complexity index is 229. The van der Waals surface area contributed by atoms with Crippen LogP contribution in [0.25, 0.3) is 0 Å². The minimum atomic E-state index is -0.491. The first kappa shape index (κ1) is 21.3. The summed E-state index contributed by atoms with van der Waals surface area (Å²) >= 11 is 0. The molecule has 0 fully saturated rings. The molecule has 3 heteroatoms. The lowest BCUT2D eigenvalue weighted by molar-refractivity contribution is 0.0529. The van der Waals surface area contributed by atoms with E-state index in [9.17, 15) is 4.79 Å². The lowest BCUT2D eigenvalue weighted by Gasteiger charge is -2.06. The highest BCUT2D eigenvalue weighted by atomic mass is 16.7. The van der Waals surface area contributed by atoms with Gasteiger partial charge >= 0.3 is 6.16 Å². The summed E-state index contributed by atoms with van der Waals surface area (Å²) in [5.74, 6) is 0. The first-order chi connectivity index (χ1) is 10.8. The standard InChI is InChI=1S/C19H38O3/c1-3-5-7-9-10-11-12-14-16-18-22-19(20)21-17-15-13-8-6-4-2/h3-18H2,1-2H3. The maximum atomic E-state index is 11.3. The monoisotopic (exact) mass is 314 g/mol. The van der Waals surface area contributed by atoms with Gasteiger partial charge in [-0.05, 0) is 12.8 Å². The van der Waals surface area contributed by atoms with Gasteiger partial charge in [0.2, 0.25) is 0 Å². The maximum absolute atomic E-state index is 11.3. The Morgan fingerprint density at radius 1 is 0.545 bits per heavy atom. The van der Waals surface area contributed by atoms with E-state index in [4.69, 9.17) is 9.47 Å². The molecule has 0 amide bonds. The normalized spacial score (nSPS) is 10.6. The van der Waals surface area contributed by atoms with Gasteiger partial charge in [-0.15, -0.1) is 0 Å². The van der Waals surface area contributed by atoms with Crippen molar-refractivity contribution < 1.29 is 14.3 Å². The molecule has 132 valence electrons. The van der Waals surface area contributed by atoms with Crippen molar-refractivity contribution in [2.75, 3.05) is 13.2 Å². The number of carbonyl (C=O) groups excluding carboxylic acids is 1. The molecule has 0 atom stereocenters. The minimum Gasteiger partial charge on any atom is -0.434 e. The molecule has 0 aromatic carbocycles. The highest BCUT2D eigenvalue weighted by Crippen LogP contribution is 2.09. The number of hydrogen-bond donors (Lipinski definition) is 0. The summed E-state index contributed by atoms with van der Waals surface area (Å²) in [7, 11) is 0. The topological polar surface area (TPSA) is 35.5 Å². The molecule has 0 heterocycles. The first-order valence-corrected chi connectivity index (χ1v) is 9.60. The molecule has 0 spiro atoms. The van der Waals surface area contributed by atoms with Gasteiger partial charge in [0.25, 0.3) is 0 Å². The molecule has 3 nitrogen and oxygen atoms in total. The fourth-order valence-electron chi connectivity index (χ4n) is 2.47. The third kappa shape index (κ3) is 17.3. The van der Waals surface area contributed by atoms with Crippen molar-refractivity contribution in [3.63, 3.8) is 0 Å². The van der Waals surface area contributed by atoms with Crippen LogP contribution in [0.3, 0.4) is 0 Å². The Morgan fingerprint density at radius 3 is 1.23 bits per heavy atom. The Labute approximate surface area is 138 Å². The number of ether oxygens (including phenoxy) is 2. The molecule has 0 rings (SSSR count).